The van der Waals surface area contributed by atoms with Gasteiger partial charge in [0, 0.05) is 5.56 Å². The zero-order valence-electron chi connectivity index (χ0n) is 20.6. The average Bonchev–Trinajstić information content (AvgIpc) is 3.36. The van der Waals surface area contributed by atoms with Gasteiger partial charge in [0.2, 0.25) is 5.89 Å². The van der Waals surface area contributed by atoms with Gasteiger partial charge in [0.05, 0.1) is 6.61 Å². The number of para-hydroxylation sites is 2. The van der Waals surface area contributed by atoms with Gasteiger partial charge >= 0.3 is 0 Å². The van der Waals surface area contributed by atoms with Crippen molar-refractivity contribution in [3.05, 3.63) is 114 Å². The number of hydrogen-bond donors (Lipinski definition) is 0. The number of aromatic nitrogens is 1. The summed E-state index contributed by atoms with van der Waals surface area (Å²) in [5, 5.41) is 12.2. The van der Waals surface area contributed by atoms with E-state index in [0.29, 0.717) is 47.8 Å². The standard InChI is InChI=1S/C32H26N2O3/c1-3-10-24-17-22(18-26(20-33)32-34-28-15-7-8-16-29(28)37-32)19-30(35-4-2)31(24)36-21-25-13-9-12-23-11-5-6-14-27(23)25/h3,5-9,11-19H,1,4,10,21H2,2H3/b26-18+. The van der Waals surface area contributed by atoms with Crippen LogP contribution in [0.2, 0.25) is 0 Å². The topological polar surface area (TPSA) is 68.3 Å². The maximum atomic E-state index is 9.87. The third-order valence-electron chi connectivity index (χ3n) is 6.03. The highest BCUT2D eigenvalue weighted by molar-refractivity contribution is 5.89. The predicted molar refractivity (Wildman–Crippen MR) is 147 cm³/mol. The molecule has 0 N–H and O–H groups in total. The van der Waals surface area contributed by atoms with Crippen LogP contribution in [0.5, 0.6) is 11.5 Å². The van der Waals surface area contributed by atoms with Gasteiger partial charge in [0.1, 0.15) is 23.8 Å². The molecule has 1 aromatic heterocycles. The van der Waals surface area contributed by atoms with E-state index in [4.69, 9.17) is 13.9 Å². The maximum absolute atomic E-state index is 9.87. The number of fused-ring (bicyclic) bond motifs is 2. The van der Waals surface area contributed by atoms with E-state index in [1.54, 1.807) is 6.08 Å². The molecular formula is C32H26N2O3. The van der Waals surface area contributed by atoms with Gasteiger partial charge in [-0.25, -0.2) is 4.98 Å². The number of hydrogen-bond acceptors (Lipinski definition) is 5. The Morgan fingerprint density at radius 1 is 1.00 bits per heavy atom. The summed E-state index contributed by atoms with van der Waals surface area (Å²) < 4.78 is 18.2. The van der Waals surface area contributed by atoms with Gasteiger partial charge in [-0.2, -0.15) is 5.26 Å². The molecule has 0 unspecified atom stereocenters. The van der Waals surface area contributed by atoms with Crippen LogP contribution in [0.15, 0.2) is 95.9 Å². The fraction of sp³-hybridized carbons (Fsp3) is 0.125. The normalized spacial score (nSPS) is 11.4. The number of rotatable bonds is 9. The number of nitrogens with zero attached hydrogens (tertiary/aromatic N) is 2. The molecule has 182 valence electrons. The molecule has 5 rings (SSSR count). The van der Waals surface area contributed by atoms with Crippen LogP contribution in [0.1, 0.15) is 29.5 Å². The second kappa shape index (κ2) is 10.8. The van der Waals surface area contributed by atoms with Gasteiger partial charge in [-0.3, -0.25) is 0 Å². The van der Waals surface area contributed by atoms with Crippen LogP contribution in [-0.2, 0) is 13.0 Å². The first-order valence-electron chi connectivity index (χ1n) is 12.2. The van der Waals surface area contributed by atoms with Gasteiger partial charge < -0.3 is 13.9 Å². The summed E-state index contributed by atoms with van der Waals surface area (Å²) in [6.45, 7) is 6.72. The Hall–Kier alpha value is -4.82. The van der Waals surface area contributed by atoms with Crippen molar-refractivity contribution in [1.82, 2.24) is 4.98 Å². The molecule has 0 fully saturated rings. The molecule has 5 aromatic rings. The fourth-order valence-electron chi connectivity index (χ4n) is 4.36. The first-order chi connectivity index (χ1) is 18.2. The van der Waals surface area contributed by atoms with Crippen LogP contribution < -0.4 is 9.47 Å². The number of ether oxygens (including phenoxy) is 2. The molecule has 0 atom stereocenters. The number of benzene rings is 4. The van der Waals surface area contributed by atoms with Crippen LogP contribution >= 0.6 is 0 Å². The SMILES string of the molecule is C=CCc1cc(/C=C(\C#N)c2nc3ccccc3o2)cc(OCC)c1OCc1cccc2ccccc12. The van der Waals surface area contributed by atoms with Crippen LogP contribution in [0, 0.1) is 11.3 Å². The Kier molecular flexibility index (Phi) is 7.00. The van der Waals surface area contributed by atoms with E-state index in [9.17, 15) is 5.26 Å². The van der Waals surface area contributed by atoms with Crippen LogP contribution in [0.25, 0.3) is 33.5 Å². The Bertz CT molecular complexity index is 1620. The maximum Gasteiger partial charge on any atom is 0.238 e. The molecule has 37 heavy (non-hydrogen) atoms. The Morgan fingerprint density at radius 2 is 1.81 bits per heavy atom. The second-order valence-electron chi connectivity index (χ2n) is 8.52. The molecule has 0 aliphatic rings. The molecule has 0 spiro atoms. The van der Waals surface area contributed by atoms with Gasteiger partial charge in [-0.1, -0.05) is 60.7 Å². The van der Waals surface area contributed by atoms with Crippen LogP contribution in [0.3, 0.4) is 0 Å². The molecule has 4 aromatic carbocycles. The highest BCUT2D eigenvalue weighted by Crippen LogP contribution is 2.36. The van der Waals surface area contributed by atoms with Crippen molar-refractivity contribution < 1.29 is 13.9 Å². The average molecular weight is 487 g/mol. The van der Waals surface area contributed by atoms with Gasteiger partial charge in [-0.15, -0.1) is 6.58 Å². The van der Waals surface area contributed by atoms with Crippen LogP contribution in [0.4, 0.5) is 0 Å². The molecule has 0 amide bonds. The quantitative estimate of drug-likeness (QED) is 0.157. The number of allylic oxidation sites excluding steroid dienone is 2. The van der Waals surface area contributed by atoms with Crippen LogP contribution in [-0.4, -0.2) is 11.6 Å². The molecule has 0 bridgehead atoms. The monoisotopic (exact) mass is 486 g/mol. The zero-order chi connectivity index (χ0) is 25.6. The van der Waals surface area contributed by atoms with E-state index >= 15 is 0 Å². The second-order valence-corrected chi connectivity index (χ2v) is 8.52. The summed E-state index contributed by atoms with van der Waals surface area (Å²) in [6, 6.07) is 28.0. The minimum atomic E-state index is 0.281. The minimum Gasteiger partial charge on any atom is -0.490 e. The van der Waals surface area contributed by atoms with Crippen molar-refractivity contribution in [3.8, 4) is 17.6 Å². The van der Waals surface area contributed by atoms with Gasteiger partial charge in [-0.05, 0) is 65.6 Å². The van der Waals surface area contributed by atoms with Crippen molar-refractivity contribution in [3.63, 3.8) is 0 Å². The molecular weight excluding hydrogens is 460 g/mol. The molecule has 1 heterocycles. The number of nitriles is 1. The molecule has 0 saturated heterocycles. The molecule has 0 radical (unpaired) electrons. The van der Waals surface area contributed by atoms with Crippen molar-refractivity contribution in [1.29, 1.82) is 5.26 Å². The first-order valence-corrected chi connectivity index (χ1v) is 12.2. The van der Waals surface area contributed by atoms with Gasteiger partial charge in [0.15, 0.2) is 17.1 Å². The first kappa shape index (κ1) is 23.9. The summed E-state index contributed by atoms with van der Waals surface area (Å²) in [5.74, 6) is 1.57. The number of oxazole rings is 1. The summed E-state index contributed by atoms with van der Waals surface area (Å²) in [6.07, 6.45) is 4.17. The molecule has 5 nitrogen and oxygen atoms in total. The Morgan fingerprint density at radius 3 is 2.62 bits per heavy atom. The Balaban J connectivity index is 1.52. The lowest BCUT2D eigenvalue weighted by atomic mass is 10.0. The van der Waals surface area contributed by atoms with Gasteiger partial charge in [0.25, 0.3) is 0 Å². The van der Waals surface area contributed by atoms with Crippen molar-refractivity contribution in [2.75, 3.05) is 6.61 Å². The lowest BCUT2D eigenvalue weighted by Crippen LogP contribution is -2.04. The van der Waals surface area contributed by atoms with E-state index in [-0.39, 0.29) is 5.89 Å². The predicted octanol–water partition coefficient (Wildman–Crippen LogP) is 7.75. The Labute approximate surface area is 215 Å². The molecule has 5 heteroatoms. The highest BCUT2D eigenvalue weighted by atomic mass is 16.5. The lowest BCUT2D eigenvalue weighted by molar-refractivity contribution is 0.268. The fourth-order valence-corrected chi connectivity index (χ4v) is 4.36. The molecule has 0 saturated carbocycles. The minimum absolute atomic E-state index is 0.281. The summed E-state index contributed by atoms with van der Waals surface area (Å²) >= 11 is 0. The summed E-state index contributed by atoms with van der Waals surface area (Å²) in [4.78, 5) is 4.47. The van der Waals surface area contributed by atoms with E-state index in [2.05, 4.69) is 41.9 Å². The van der Waals surface area contributed by atoms with Crippen molar-refractivity contribution in [2.45, 2.75) is 20.0 Å². The third kappa shape index (κ3) is 5.10. The summed E-state index contributed by atoms with van der Waals surface area (Å²) in [5.41, 5.74) is 4.47. The smallest absolute Gasteiger partial charge is 0.238 e. The summed E-state index contributed by atoms with van der Waals surface area (Å²) in [7, 11) is 0. The third-order valence-corrected chi connectivity index (χ3v) is 6.03. The molecule has 0 aliphatic carbocycles. The van der Waals surface area contributed by atoms with E-state index < -0.39 is 0 Å². The van der Waals surface area contributed by atoms with E-state index in [0.717, 1.165) is 22.1 Å². The molecule has 0 aliphatic heterocycles. The van der Waals surface area contributed by atoms with E-state index in [1.165, 1.54) is 5.39 Å². The largest absolute Gasteiger partial charge is 0.490 e. The highest BCUT2D eigenvalue weighted by Gasteiger charge is 2.16. The van der Waals surface area contributed by atoms with E-state index in [1.807, 2.05) is 67.6 Å². The zero-order valence-corrected chi connectivity index (χ0v) is 20.6. The van der Waals surface area contributed by atoms with Crippen molar-refractivity contribution >= 4 is 33.5 Å². The lowest BCUT2D eigenvalue weighted by Gasteiger charge is -2.17. The van der Waals surface area contributed by atoms with Crippen molar-refractivity contribution in [2.24, 2.45) is 0 Å².